The van der Waals surface area contributed by atoms with Gasteiger partial charge in [-0.2, -0.15) is 0 Å². The molecule has 0 bridgehead atoms. The van der Waals surface area contributed by atoms with Crippen LogP contribution in [0.4, 0.5) is 5.69 Å². The smallest absolute Gasteiger partial charge is 0.252 e. The zero-order valence-electron chi connectivity index (χ0n) is 21.0. The summed E-state index contributed by atoms with van der Waals surface area (Å²) in [6, 6.07) is 11.1. The second kappa shape index (κ2) is 13.7. The molecule has 190 valence electrons. The topological polar surface area (TPSA) is 89.1 Å². The van der Waals surface area contributed by atoms with Crippen molar-refractivity contribution in [1.82, 2.24) is 10.6 Å². The fourth-order valence-electron chi connectivity index (χ4n) is 4.24. The van der Waals surface area contributed by atoms with Crippen molar-refractivity contribution in [2.45, 2.75) is 45.2 Å². The zero-order chi connectivity index (χ0) is 25.0. The van der Waals surface area contributed by atoms with Gasteiger partial charge in [-0.25, -0.2) is 0 Å². The molecule has 2 aromatic carbocycles. The third-order valence-corrected chi connectivity index (χ3v) is 6.12. The third kappa shape index (κ3) is 7.70. The summed E-state index contributed by atoms with van der Waals surface area (Å²) in [7, 11) is 4.72. The van der Waals surface area contributed by atoms with Crippen LogP contribution in [0.2, 0.25) is 0 Å². The number of carbonyl (C=O) groups excluding carboxylic acids is 2. The van der Waals surface area contributed by atoms with Gasteiger partial charge in [0.05, 0.1) is 14.2 Å². The Morgan fingerprint density at radius 2 is 1.66 bits per heavy atom. The quantitative estimate of drug-likeness (QED) is 0.625. The van der Waals surface area contributed by atoms with Crippen LogP contribution >= 0.6 is 0 Å². The molecule has 2 N–H and O–H groups in total. The van der Waals surface area contributed by atoms with E-state index in [-0.39, 0.29) is 18.4 Å². The van der Waals surface area contributed by atoms with E-state index in [9.17, 15) is 9.59 Å². The molecule has 0 aliphatic carbocycles. The molecule has 0 aromatic heterocycles. The number of hydrogen-bond acceptors (Lipinski definition) is 6. The number of nitrogens with zero attached hydrogens (tertiary/aromatic N) is 1. The zero-order valence-corrected chi connectivity index (χ0v) is 21.0. The van der Waals surface area contributed by atoms with E-state index in [0.717, 1.165) is 42.6 Å². The van der Waals surface area contributed by atoms with Gasteiger partial charge in [-0.05, 0) is 60.8 Å². The highest BCUT2D eigenvalue weighted by molar-refractivity contribution is 5.98. The molecule has 1 heterocycles. The summed E-state index contributed by atoms with van der Waals surface area (Å²) < 4.78 is 15.8. The van der Waals surface area contributed by atoms with E-state index in [1.807, 2.05) is 24.3 Å². The van der Waals surface area contributed by atoms with Crippen molar-refractivity contribution in [2.75, 3.05) is 45.9 Å². The van der Waals surface area contributed by atoms with E-state index in [0.29, 0.717) is 36.7 Å². The first-order chi connectivity index (χ1) is 17.0. The van der Waals surface area contributed by atoms with Gasteiger partial charge < -0.3 is 29.7 Å². The first kappa shape index (κ1) is 26.5. The molecule has 1 aliphatic heterocycles. The molecule has 0 saturated carbocycles. The van der Waals surface area contributed by atoms with Crippen LogP contribution in [0, 0.1) is 0 Å². The van der Waals surface area contributed by atoms with Crippen LogP contribution in [0.1, 0.15) is 53.6 Å². The van der Waals surface area contributed by atoms with E-state index in [1.165, 1.54) is 20.0 Å². The van der Waals surface area contributed by atoms with Gasteiger partial charge in [0.1, 0.15) is 18.1 Å². The largest absolute Gasteiger partial charge is 0.497 e. The number of benzene rings is 2. The molecule has 0 radical (unpaired) electrons. The number of methoxy groups -OCH3 is 3. The summed E-state index contributed by atoms with van der Waals surface area (Å²) in [6.45, 7) is 2.48. The van der Waals surface area contributed by atoms with Crippen molar-refractivity contribution in [1.29, 1.82) is 0 Å². The maximum absolute atomic E-state index is 13.0. The number of nitrogens with one attached hydrogen (secondary N) is 2. The lowest BCUT2D eigenvalue weighted by atomic mass is 10.0. The molecule has 8 nitrogen and oxygen atoms in total. The number of fused-ring (bicyclic) bond motifs is 1. The molecular formula is C27H37N3O5. The van der Waals surface area contributed by atoms with Gasteiger partial charge in [0.2, 0.25) is 0 Å². The maximum Gasteiger partial charge on any atom is 0.252 e. The molecule has 2 aromatic rings. The van der Waals surface area contributed by atoms with Crippen molar-refractivity contribution in [3.63, 3.8) is 0 Å². The summed E-state index contributed by atoms with van der Waals surface area (Å²) in [5, 5.41) is 6.45. The summed E-state index contributed by atoms with van der Waals surface area (Å²) in [5.74, 6) is 1.08. The first-order valence-corrected chi connectivity index (χ1v) is 12.2. The van der Waals surface area contributed by atoms with Gasteiger partial charge in [0, 0.05) is 44.1 Å². The van der Waals surface area contributed by atoms with Crippen LogP contribution in [0.3, 0.4) is 0 Å². The fraction of sp³-hybridized carbons (Fsp3) is 0.481. The lowest BCUT2D eigenvalue weighted by Crippen LogP contribution is -2.36. The number of carbonyl (C=O) groups is 2. The lowest BCUT2D eigenvalue weighted by Gasteiger charge is -2.26. The van der Waals surface area contributed by atoms with Crippen LogP contribution in [-0.2, 0) is 22.6 Å². The van der Waals surface area contributed by atoms with Crippen LogP contribution in [0.5, 0.6) is 11.5 Å². The van der Waals surface area contributed by atoms with Crippen LogP contribution in [0.15, 0.2) is 36.4 Å². The molecule has 0 unspecified atom stereocenters. The Kier molecular flexibility index (Phi) is 10.4. The van der Waals surface area contributed by atoms with E-state index < -0.39 is 0 Å². The van der Waals surface area contributed by atoms with E-state index in [1.54, 1.807) is 31.3 Å². The second-order valence-electron chi connectivity index (χ2n) is 8.67. The Bertz CT molecular complexity index is 973. The lowest BCUT2D eigenvalue weighted by molar-refractivity contribution is -0.122. The Balaban J connectivity index is 1.81. The molecule has 2 amide bonds. The predicted molar refractivity (Wildman–Crippen MR) is 136 cm³/mol. The van der Waals surface area contributed by atoms with Crippen molar-refractivity contribution in [3.05, 3.63) is 53.1 Å². The molecule has 35 heavy (non-hydrogen) atoms. The molecule has 0 spiro atoms. The van der Waals surface area contributed by atoms with Gasteiger partial charge >= 0.3 is 0 Å². The molecule has 0 fully saturated rings. The van der Waals surface area contributed by atoms with Gasteiger partial charge in [0.25, 0.3) is 11.8 Å². The summed E-state index contributed by atoms with van der Waals surface area (Å²) in [6.07, 6.45) is 5.48. The summed E-state index contributed by atoms with van der Waals surface area (Å²) in [5.41, 5.74) is 3.17. The highest BCUT2D eigenvalue weighted by atomic mass is 16.5. The Labute approximate surface area is 207 Å². The number of ether oxygens (including phenoxy) is 3. The SMILES string of the molecule is COCC(=O)N1CCCCCCCNCc2cc(C(=O)NCc3cc(OC)cc(OC)c3)ccc21. The average Bonchev–Trinajstić information content (AvgIpc) is 2.87. The summed E-state index contributed by atoms with van der Waals surface area (Å²) in [4.78, 5) is 27.7. The maximum atomic E-state index is 13.0. The van der Waals surface area contributed by atoms with Gasteiger partial charge in [-0.15, -0.1) is 0 Å². The second-order valence-corrected chi connectivity index (χ2v) is 8.67. The van der Waals surface area contributed by atoms with Crippen molar-refractivity contribution in [2.24, 2.45) is 0 Å². The predicted octanol–water partition coefficient (Wildman–Crippen LogP) is 3.67. The van der Waals surface area contributed by atoms with Crippen molar-refractivity contribution < 1.29 is 23.8 Å². The van der Waals surface area contributed by atoms with E-state index in [2.05, 4.69) is 10.6 Å². The standard InChI is InChI=1S/C27H37N3O5/c1-33-19-26(31)30-12-8-6-4-5-7-11-28-18-22-15-21(9-10-25(22)30)27(32)29-17-20-13-23(34-2)16-24(14-20)35-3/h9-10,13-16,28H,4-8,11-12,17-19H2,1-3H3,(H,29,32). The van der Waals surface area contributed by atoms with E-state index >= 15 is 0 Å². The molecular weight excluding hydrogens is 446 g/mol. The van der Waals surface area contributed by atoms with Crippen LogP contribution in [-0.4, -0.2) is 52.8 Å². The first-order valence-electron chi connectivity index (χ1n) is 12.2. The molecule has 3 rings (SSSR count). The third-order valence-electron chi connectivity index (χ3n) is 6.12. The van der Waals surface area contributed by atoms with Gasteiger partial charge in [-0.3, -0.25) is 9.59 Å². The number of hydrogen-bond donors (Lipinski definition) is 2. The number of rotatable bonds is 7. The van der Waals surface area contributed by atoms with E-state index in [4.69, 9.17) is 14.2 Å². The van der Waals surface area contributed by atoms with Gasteiger partial charge in [0.15, 0.2) is 0 Å². The van der Waals surface area contributed by atoms with Crippen LogP contribution in [0.25, 0.3) is 0 Å². The Morgan fingerprint density at radius 1 is 0.943 bits per heavy atom. The van der Waals surface area contributed by atoms with Crippen molar-refractivity contribution in [3.8, 4) is 11.5 Å². The average molecular weight is 484 g/mol. The Hall–Kier alpha value is -3.10. The number of anilines is 1. The molecule has 0 saturated heterocycles. The Morgan fingerprint density at radius 3 is 2.37 bits per heavy atom. The monoisotopic (exact) mass is 483 g/mol. The number of amides is 2. The highest BCUT2D eigenvalue weighted by Gasteiger charge is 2.20. The summed E-state index contributed by atoms with van der Waals surface area (Å²) >= 11 is 0. The minimum Gasteiger partial charge on any atom is -0.497 e. The van der Waals surface area contributed by atoms with Crippen molar-refractivity contribution >= 4 is 17.5 Å². The fourth-order valence-corrected chi connectivity index (χ4v) is 4.24. The van der Waals surface area contributed by atoms with Crippen LogP contribution < -0.4 is 25.0 Å². The molecule has 1 aliphatic rings. The van der Waals surface area contributed by atoms with Gasteiger partial charge in [-0.1, -0.05) is 19.3 Å². The highest BCUT2D eigenvalue weighted by Crippen LogP contribution is 2.25. The molecule has 0 atom stereocenters. The minimum atomic E-state index is -0.185. The minimum absolute atomic E-state index is 0.0269. The normalized spacial score (nSPS) is 14.8. The molecule has 8 heteroatoms.